The van der Waals surface area contributed by atoms with Crippen LogP contribution in [0, 0.1) is 11.8 Å². The Morgan fingerprint density at radius 2 is 1.71 bits per heavy atom. The summed E-state index contributed by atoms with van der Waals surface area (Å²) in [6.45, 7) is 0. The summed E-state index contributed by atoms with van der Waals surface area (Å²) in [5, 5.41) is 21.8. The fourth-order valence-corrected chi connectivity index (χ4v) is 5.77. The monoisotopic (exact) mass is 452 g/mol. The molecular weight excluding hydrogens is 432 g/mol. The van der Waals surface area contributed by atoms with Gasteiger partial charge in [0.15, 0.2) is 0 Å². The summed E-state index contributed by atoms with van der Waals surface area (Å²) in [5.74, 6) is 1.38. The third-order valence-corrected chi connectivity index (χ3v) is 7.12. The van der Waals surface area contributed by atoms with Gasteiger partial charge >= 0.3 is 0 Å². The van der Waals surface area contributed by atoms with E-state index < -0.39 is 0 Å². The average molecular weight is 454 g/mol. The van der Waals surface area contributed by atoms with Crippen molar-refractivity contribution in [3.05, 3.63) is 43.5 Å². The number of aliphatic hydroxyl groups is 1. The van der Waals surface area contributed by atoms with Crippen molar-refractivity contribution in [2.24, 2.45) is 11.8 Å². The molecule has 2 N–H and O–H groups in total. The number of aryl methyl sites for hydroxylation is 1. The van der Waals surface area contributed by atoms with Crippen molar-refractivity contribution in [1.82, 2.24) is 0 Å². The maximum absolute atomic E-state index is 10.9. The van der Waals surface area contributed by atoms with Gasteiger partial charge in [0.05, 0.1) is 8.96 Å². The lowest BCUT2D eigenvalue weighted by Gasteiger charge is -2.37. The first kappa shape index (κ1) is 16.7. The van der Waals surface area contributed by atoms with Gasteiger partial charge in [0.1, 0.15) is 11.5 Å². The van der Waals surface area contributed by atoms with Crippen molar-refractivity contribution in [2.75, 3.05) is 0 Å². The topological polar surface area (TPSA) is 40.5 Å². The number of benzene rings is 1. The van der Waals surface area contributed by atoms with Crippen LogP contribution in [0.2, 0.25) is 0 Å². The fraction of sp³-hybridized carbons (Fsp3) is 0.500. The second-order valence-corrected chi connectivity index (χ2v) is 8.97. The molecule has 0 saturated heterocycles. The first-order valence-corrected chi connectivity index (χ1v) is 10.5. The number of rotatable bonds is 1. The van der Waals surface area contributed by atoms with Crippen LogP contribution in [0.3, 0.4) is 0 Å². The van der Waals surface area contributed by atoms with E-state index in [2.05, 4.69) is 44.0 Å². The van der Waals surface area contributed by atoms with Crippen LogP contribution >= 0.6 is 31.9 Å². The number of aliphatic hydroxyl groups excluding tert-OH is 1. The van der Waals surface area contributed by atoms with Gasteiger partial charge in [-0.15, -0.1) is 0 Å². The Morgan fingerprint density at radius 1 is 0.958 bits per heavy atom. The minimum atomic E-state index is 0.295. The van der Waals surface area contributed by atoms with Gasteiger partial charge < -0.3 is 10.2 Å². The highest BCUT2D eigenvalue weighted by Crippen LogP contribution is 2.52. The largest absolute Gasteiger partial charge is 0.506 e. The number of allylic oxidation sites excluding steroid dienone is 3. The molecule has 128 valence electrons. The first-order chi connectivity index (χ1) is 11.6. The molecule has 1 saturated carbocycles. The highest BCUT2D eigenvalue weighted by molar-refractivity contribution is 9.12. The van der Waals surface area contributed by atoms with Gasteiger partial charge in [-0.2, -0.15) is 0 Å². The van der Waals surface area contributed by atoms with Gasteiger partial charge in [-0.1, -0.05) is 18.9 Å². The van der Waals surface area contributed by atoms with Crippen LogP contribution in [0.1, 0.15) is 55.2 Å². The molecule has 24 heavy (non-hydrogen) atoms. The highest BCUT2D eigenvalue weighted by atomic mass is 79.9. The van der Waals surface area contributed by atoms with E-state index in [1.165, 1.54) is 30.4 Å². The summed E-state index contributed by atoms with van der Waals surface area (Å²) in [5.41, 5.74) is 4.43. The summed E-state index contributed by atoms with van der Waals surface area (Å²) in [6.07, 6.45) is 11.3. The van der Waals surface area contributed by atoms with Crippen LogP contribution in [0.5, 0.6) is 5.75 Å². The molecule has 2 atom stereocenters. The summed E-state index contributed by atoms with van der Waals surface area (Å²) in [4.78, 5) is 0. The lowest BCUT2D eigenvalue weighted by molar-refractivity contribution is 0.324. The zero-order chi connectivity index (χ0) is 16.8. The lowest BCUT2D eigenvalue weighted by Crippen LogP contribution is -2.25. The van der Waals surface area contributed by atoms with E-state index >= 15 is 0 Å². The van der Waals surface area contributed by atoms with Crippen LogP contribution in [0.15, 0.2) is 26.9 Å². The molecule has 4 heteroatoms. The third kappa shape index (κ3) is 2.66. The third-order valence-electron chi connectivity index (χ3n) is 5.88. The van der Waals surface area contributed by atoms with E-state index in [9.17, 15) is 10.2 Å². The maximum atomic E-state index is 10.9. The Balaban J connectivity index is 1.95. The predicted octanol–water partition coefficient (Wildman–Crippen LogP) is 6.40. The number of phenolic OH excluding ortho intramolecular Hbond substituents is 1. The Labute approximate surface area is 159 Å². The molecule has 0 spiro atoms. The molecule has 1 fully saturated rings. The van der Waals surface area contributed by atoms with Crippen LogP contribution < -0.4 is 0 Å². The van der Waals surface area contributed by atoms with Gasteiger partial charge in [-0.05, 0) is 99.4 Å². The zero-order valence-electron chi connectivity index (χ0n) is 13.6. The lowest BCUT2D eigenvalue weighted by atomic mass is 9.69. The molecule has 1 aromatic carbocycles. The molecule has 3 aliphatic carbocycles. The predicted molar refractivity (Wildman–Crippen MR) is 104 cm³/mol. The Morgan fingerprint density at radius 3 is 2.54 bits per heavy atom. The number of hydrogen-bond donors (Lipinski definition) is 2. The normalized spacial score (nSPS) is 26.7. The summed E-state index contributed by atoms with van der Waals surface area (Å²) in [6, 6.07) is 2.07. The molecular formula is C20H22Br2O2. The van der Waals surface area contributed by atoms with Crippen LogP contribution in [0.4, 0.5) is 0 Å². The standard InChI is InChI=1S/C20H22Br2O2/c21-15-9-11-5-1-3-7-13(11)17(19(15)23)18-14-8-4-2-6-12(14)10-16(22)20(18)24/h9-11,13,23-24H,1-8H2. The molecule has 1 aromatic rings. The first-order valence-electron chi connectivity index (χ1n) is 8.92. The fourth-order valence-electron chi connectivity index (χ4n) is 4.74. The van der Waals surface area contributed by atoms with Crippen molar-refractivity contribution < 1.29 is 10.2 Å². The Bertz CT molecular complexity index is 748. The number of phenols is 1. The van der Waals surface area contributed by atoms with E-state index in [0.717, 1.165) is 52.2 Å². The number of halogens is 2. The number of aromatic hydroxyl groups is 1. The minimum Gasteiger partial charge on any atom is -0.506 e. The van der Waals surface area contributed by atoms with Gasteiger partial charge in [0, 0.05) is 11.1 Å². The van der Waals surface area contributed by atoms with E-state index in [0.29, 0.717) is 23.3 Å². The summed E-state index contributed by atoms with van der Waals surface area (Å²) in [7, 11) is 0. The average Bonchev–Trinajstić information content (AvgIpc) is 2.58. The highest BCUT2D eigenvalue weighted by Gasteiger charge is 2.37. The molecule has 0 aliphatic heterocycles. The van der Waals surface area contributed by atoms with E-state index in [4.69, 9.17) is 0 Å². The summed E-state index contributed by atoms with van der Waals surface area (Å²) < 4.78 is 1.53. The minimum absolute atomic E-state index is 0.295. The second kappa shape index (κ2) is 6.53. The van der Waals surface area contributed by atoms with Crippen molar-refractivity contribution in [3.8, 4) is 5.75 Å². The van der Waals surface area contributed by atoms with E-state index in [1.54, 1.807) is 0 Å². The zero-order valence-corrected chi connectivity index (χ0v) is 16.8. The van der Waals surface area contributed by atoms with Crippen molar-refractivity contribution in [1.29, 1.82) is 0 Å². The van der Waals surface area contributed by atoms with E-state index in [-0.39, 0.29) is 0 Å². The second-order valence-electron chi connectivity index (χ2n) is 7.26. The molecule has 2 unspecified atom stereocenters. The molecule has 0 bridgehead atoms. The van der Waals surface area contributed by atoms with E-state index in [1.807, 2.05) is 0 Å². The molecule has 3 aliphatic rings. The molecule has 2 nitrogen and oxygen atoms in total. The van der Waals surface area contributed by atoms with Crippen molar-refractivity contribution >= 4 is 37.4 Å². The van der Waals surface area contributed by atoms with Crippen LogP contribution in [0.25, 0.3) is 5.57 Å². The number of fused-ring (bicyclic) bond motifs is 2. The maximum Gasteiger partial charge on any atom is 0.137 e. The number of hydrogen-bond acceptors (Lipinski definition) is 2. The molecule has 0 amide bonds. The Hall–Kier alpha value is -0.740. The molecule has 0 aromatic heterocycles. The summed E-state index contributed by atoms with van der Waals surface area (Å²) >= 11 is 7.09. The van der Waals surface area contributed by atoms with Crippen LogP contribution in [-0.2, 0) is 12.8 Å². The van der Waals surface area contributed by atoms with Gasteiger partial charge in [-0.25, -0.2) is 0 Å². The van der Waals surface area contributed by atoms with Gasteiger partial charge in [0.2, 0.25) is 0 Å². The van der Waals surface area contributed by atoms with Crippen molar-refractivity contribution in [3.63, 3.8) is 0 Å². The van der Waals surface area contributed by atoms with Gasteiger partial charge in [0.25, 0.3) is 0 Å². The van der Waals surface area contributed by atoms with Crippen molar-refractivity contribution in [2.45, 2.75) is 51.4 Å². The smallest absolute Gasteiger partial charge is 0.137 e. The molecule has 4 rings (SSSR count). The van der Waals surface area contributed by atoms with Gasteiger partial charge in [-0.3, -0.25) is 0 Å². The SMILES string of the molecule is OC1=C(c2c(O)c(Br)cc3c2CCCC3)C2CCCCC2C=C1Br. The quantitative estimate of drug-likeness (QED) is 0.516. The van der Waals surface area contributed by atoms with Crippen LogP contribution in [-0.4, -0.2) is 10.2 Å². The Kier molecular flexibility index (Phi) is 4.55. The molecule has 0 heterocycles. The molecule has 0 radical (unpaired) electrons.